The summed E-state index contributed by atoms with van der Waals surface area (Å²) >= 11 is 0. The summed E-state index contributed by atoms with van der Waals surface area (Å²) in [5, 5.41) is 6.93. The Bertz CT molecular complexity index is 597. The molecule has 1 N–H and O–H groups in total. The maximum atomic E-state index is 13.3. The maximum absolute atomic E-state index is 13.3. The molecule has 2 aromatic heterocycles. The van der Waals surface area contributed by atoms with E-state index in [1.165, 1.54) is 30.7 Å². The van der Waals surface area contributed by atoms with Crippen LogP contribution >= 0.6 is 0 Å². The Kier molecular flexibility index (Phi) is 4.04. The van der Waals surface area contributed by atoms with Crippen molar-refractivity contribution in [1.29, 1.82) is 0 Å². The molecular formula is C14H17F3N4. The highest BCUT2D eigenvalue weighted by atomic mass is 19.4. The van der Waals surface area contributed by atoms with Crippen LogP contribution in [0.25, 0.3) is 5.69 Å². The monoisotopic (exact) mass is 298 g/mol. The van der Waals surface area contributed by atoms with Crippen LogP contribution in [0, 0.1) is 0 Å². The molecule has 0 aliphatic heterocycles. The third kappa shape index (κ3) is 3.81. The summed E-state index contributed by atoms with van der Waals surface area (Å²) in [6.45, 7) is 5.79. The molecule has 0 fully saturated rings. The first-order valence-electron chi connectivity index (χ1n) is 6.48. The van der Waals surface area contributed by atoms with Crippen LogP contribution in [0.3, 0.4) is 0 Å². The van der Waals surface area contributed by atoms with E-state index < -0.39 is 11.9 Å². The van der Waals surface area contributed by atoms with E-state index in [2.05, 4.69) is 15.4 Å². The zero-order chi connectivity index (χ0) is 15.7. The SMILES string of the molecule is CC(C)(C)NCc1cnn(-c2ccncc2)c1C(F)(F)F. The minimum absolute atomic E-state index is 0.101. The van der Waals surface area contributed by atoms with Crippen molar-refractivity contribution in [3.63, 3.8) is 0 Å². The molecule has 2 heterocycles. The molecule has 0 aliphatic rings. The van der Waals surface area contributed by atoms with Gasteiger partial charge >= 0.3 is 6.18 Å². The summed E-state index contributed by atoms with van der Waals surface area (Å²) in [6, 6.07) is 2.98. The Morgan fingerprint density at radius 3 is 2.29 bits per heavy atom. The Hall–Kier alpha value is -1.89. The number of alkyl halides is 3. The van der Waals surface area contributed by atoms with E-state index in [1.807, 2.05) is 20.8 Å². The molecule has 4 nitrogen and oxygen atoms in total. The Labute approximate surface area is 121 Å². The van der Waals surface area contributed by atoms with Gasteiger partial charge in [0.05, 0.1) is 11.9 Å². The maximum Gasteiger partial charge on any atom is 0.433 e. The van der Waals surface area contributed by atoms with E-state index in [9.17, 15) is 13.2 Å². The summed E-state index contributed by atoms with van der Waals surface area (Å²) in [5.41, 5.74) is -0.583. The molecule has 21 heavy (non-hydrogen) atoms. The third-order valence-electron chi connectivity index (χ3n) is 2.83. The number of aromatic nitrogens is 3. The minimum Gasteiger partial charge on any atom is -0.308 e. The van der Waals surface area contributed by atoms with Crippen LogP contribution in [0.1, 0.15) is 32.0 Å². The molecule has 0 bridgehead atoms. The quantitative estimate of drug-likeness (QED) is 0.946. The highest BCUT2D eigenvalue weighted by Crippen LogP contribution is 2.33. The number of nitrogens with zero attached hydrogens (tertiary/aromatic N) is 3. The molecule has 0 aliphatic carbocycles. The Balaban J connectivity index is 2.42. The van der Waals surface area contributed by atoms with Crippen LogP contribution in [0.5, 0.6) is 0 Å². The third-order valence-corrected chi connectivity index (χ3v) is 2.83. The normalized spacial score (nSPS) is 12.7. The summed E-state index contributed by atoms with van der Waals surface area (Å²) in [4.78, 5) is 3.80. The van der Waals surface area contributed by atoms with Gasteiger partial charge in [0.1, 0.15) is 0 Å². The standard InChI is InChI=1S/C14H17F3N4/c1-13(2,3)19-8-10-9-20-21(12(10)14(15,16)17)11-4-6-18-7-5-11/h4-7,9,19H,8H2,1-3H3. The first-order valence-corrected chi connectivity index (χ1v) is 6.48. The van der Waals surface area contributed by atoms with E-state index in [0.29, 0.717) is 5.69 Å². The highest BCUT2D eigenvalue weighted by molar-refractivity contribution is 5.34. The topological polar surface area (TPSA) is 42.7 Å². The van der Waals surface area contributed by atoms with Gasteiger partial charge in [-0.05, 0) is 32.9 Å². The lowest BCUT2D eigenvalue weighted by Crippen LogP contribution is -2.35. The van der Waals surface area contributed by atoms with E-state index in [0.717, 1.165) is 4.68 Å². The van der Waals surface area contributed by atoms with Crippen molar-refractivity contribution < 1.29 is 13.2 Å². The van der Waals surface area contributed by atoms with Gasteiger partial charge in [0.25, 0.3) is 0 Å². The second-order valence-electron chi connectivity index (χ2n) is 5.74. The fourth-order valence-electron chi connectivity index (χ4n) is 1.86. The summed E-state index contributed by atoms with van der Waals surface area (Å²) in [5.74, 6) is 0. The van der Waals surface area contributed by atoms with Gasteiger partial charge in [-0.15, -0.1) is 0 Å². The highest BCUT2D eigenvalue weighted by Gasteiger charge is 2.38. The molecule has 2 aromatic rings. The predicted octanol–water partition coefficient (Wildman–Crippen LogP) is 3.17. The number of rotatable bonds is 3. The van der Waals surface area contributed by atoms with Gasteiger partial charge in [-0.2, -0.15) is 18.3 Å². The van der Waals surface area contributed by atoms with Gasteiger partial charge in [0.15, 0.2) is 5.69 Å². The Morgan fingerprint density at radius 1 is 1.14 bits per heavy atom. The summed E-state index contributed by atoms with van der Waals surface area (Å²) in [7, 11) is 0. The van der Waals surface area contributed by atoms with Crippen molar-refractivity contribution >= 4 is 0 Å². The van der Waals surface area contributed by atoms with Crippen LogP contribution in [-0.4, -0.2) is 20.3 Å². The lowest BCUT2D eigenvalue weighted by molar-refractivity contribution is -0.143. The Morgan fingerprint density at radius 2 is 1.76 bits per heavy atom. The first kappa shape index (κ1) is 15.5. The second-order valence-corrected chi connectivity index (χ2v) is 5.74. The van der Waals surface area contributed by atoms with E-state index in [-0.39, 0.29) is 17.6 Å². The van der Waals surface area contributed by atoms with Gasteiger partial charge in [-0.3, -0.25) is 4.98 Å². The number of hydrogen-bond acceptors (Lipinski definition) is 3. The van der Waals surface area contributed by atoms with Crippen molar-refractivity contribution in [3.05, 3.63) is 42.0 Å². The molecule has 0 amide bonds. The number of halogens is 3. The van der Waals surface area contributed by atoms with E-state index in [4.69, 9.17) is 0 Å². The van der Waals surface area contributed by atoms with Gasteiger partial charge in [0.2, 0.25) is 0 Å². The molecule has 0 atom stereocenters. The van der Waals surface area contributed by atoms with Gasteiger partial charge in [-0.1, -0.05) is 0 Å². The molecule has 0 saturated heterocycles. The predicted molar refractivity (Wildman–Crippen MR) is 73.0 cm³/mol. The van der Waals surface area contributed by atoms with Crippen molar-refractivity contribution in [3.8, 4) is 5.69 Å². The molecule has 0 spiro atoms. The van der Waals surface area contributed by atoms with Crippen molar-refractivity contribution in [1.82, 2.24) is 20.1 Å². The van der Waals surface area contributed by atoms with Crippen molar-refractivity contribution in [2.24, 2.45) is 0 Å². The second kappa shape index (κ2) is 5.48. The van der Waals surface area contributed by atoms with Gasteiger partial charge in [-0.25, -0.2) is 4.68 Å². The van der Waals surface area contributed by atoms with Gasteiger partial charge < -0.3 is 5.32 Å². The molecule has 0 radical (unpaired) electrons. The minimum atomic E-state index is -4.48. The van der Waals surface area contributed by atoms with E-state index >= 15 is 0 Å². The molecule has 114 valence electrons. The number of nitrogens with one attached hydrogen (secondary N) is 1. The van der Waals surface area contributed by atoms with Crippen LogP contribution in [-0.2, 0) is 12.7 Å². The van der Waals surface area contributed by atoms with Crippen molar-refractivity contribution in [2.45, 2.75) is 39.0 Å². The zero-order valence-corrected chi connectivity index (χ0v) is 12.1. The fourth-order valence-corrected chi connectivity index (χ4v) is 1.86. The molecule has 0 saturated carbocycles. The lowest BCUT2D eigenvalue weighted by Gasteiger charge is -2.21. The van der Waals surface area contributed by atoms with Crippen LogP contribution < -0.4 is 5.32 Å². The average Bonchev–Trinajstić information content (AvgIpc) is 2.80. The lowest BCUT2D eigenvalue weighted by atomic mass is 10.1. The molecule has 2 rings (SSSR count). The number of hydrogen-bond donors (Lipinski definition) is 1. The van der Waals surface area contributed by atoms with Crippen LogP contribution in [0.4, 0.5) is 13.2 Å². The van der Waals surface area contributed by atoms with E-state index in [1.54, 1.807) is 0 Å². The average molecular weight is 298 g/mol. The van der Waals surface area contributed by atoms with Crippen LogP contribution in [0.15, 0.2) is 30.7 Å². The van der Waals surface area contributed by atoms with Gasteiger partial charge in [0, 0.05) is 30.0 Å². The molecule has 0 aromatic carbocycles. The molecular weight excluding hydrogens is 281 g/mol. The zero-order valence-electron chi connectivity index (χ0n) is 12.1. The largest absolute Gasteiger partial charge is 0.433 e. The smallest absolute Gasteiger partial charge is 0.308 e. The summed E-state index contributed by atoms with van der Waals surface area (Å²) < 4.78 is 40.9. The fraction of sp³-hybridized carbons (Fsp3) is 0.429. The van der Waals surface area contributed by atoms with Crippen molar-refractivity contribution in [2.75, 3.05) is 0 Å². The summed E-state index contributed by atoms with van der Waals surface area (Å²) in [6.07, 6.45) is -0.356. The first-order chi connectivity index (χ1) is 9.68. The van der Waals surface area contributed by atoms with Crippen LogP contribution in [0.2, 0.25) is 0 Å². The number of pyridine rings is 1. The molecule has 7 heteroatoms. The molecule has 0 unspecified atom stereocenters.